The zero-order valence-corrected chi connectivity index (χ0v) is 17.0. The van der Waals surface area contributed by atoms with E-state index in [-0.39, 0.29) is 23.3 Å². The first-order valence-electron chi connectivity index (χ1n) is 8.33. The predicted molar refractivity (Wildman–Crippen MR) is 104 cm³/mol. The van der Waals surface area contributed by atoms with E-state index >= 15 is 0 Å². The summed E-state index contributed by atoms with van der Waals surface area (Å²) >= 11 is 3.34. The second-order valence-electron chi connectivity index (χ2n) is 5.61. The van der Waals surface area contributed by atoms with Crippen molar-refractivity contribution in [3.63, 3.8) is 0 Å². The lowest BCUT2D eigenvalue weighted by Gasteiger charge is -2.09. The molecule has 2 rings (SSSR count). The van der Waals surface area contributed by atoms with Crippen LogP contribution in [0.2, 0.25) is 0 Å². The maximum absolute atomic E-state index is 12.1. The number of halogens is 1. The highest BCUT2D eigenvalue weighted by Crippen LogP contribution is 2.20. The molecule has 0 heterocycles. The van der Waals surface area contributed by atoms with E-state index in [4.69, 9.17) is 9.47 Å². The summed E-state index contributed by atoms with van der Waals surface area (Å²) in [6, 6.07) is 11.3. The molecule has 0 unspecified atom stereocenters. The van der Waals surface area contributed by atoms with Crippen LogP contribution < -0.4 is 9.47 Å². The fourth-order valence-electron chi connectivity index (χ4n) is 2.25. The Kier molecular flexibility index (Phi) is 8.01. The van der Waals surface area contributed by atoms with Crippen molar-refractivity contribution in [3.8, 4) is 11.5 Å². The smallest absolute Gasteiger partial charge is 0.338 e. The van der Waals surface area contributed by atoms with Gasteiger partial charge in [0.2, 0.25) is 0 Å². The van der Waals surface area contributed by atoms with E-state index in [1.54, 1.807) is 0 Å². The summed E-state index contributed by atoms with van der Waals surface area (Å²) in [6.45, 7) is 0.340. The van der Waals surface area contributed by atoms with Gasteiger partial charge in [-0.3, -0.25) is 4.79 Å². The zero-order valence-electron chi connectivity index (χ0n) is 15.4. The van der Waals surface area contributed by atoms with Crippen LogP contribution in [0, 0.1) is 0 Å². The lowest BCUT2D eigenvalue weighted by Crippen LogP contribution is -2.12. The van der Waals surface area contributed by atoms with Gasteiger partial charge in [0.1, 0.15) is 11.5 Å². The van der Waals surface area contributed by atoms with E-state index in [2.05, 4.69) is 25.4 Å². The highest BCUT2D eigenvalue weighted by Gasteiger charge is 2.16. The van der Waals surface area contributed by atoms with Crippen molar-refractivity contribution in [1.82, 2.24) is 0 Å². The third-order valence-corrected chi connectivity index (χ3v) is 4.12. The second kappa shape index (κ2) is 10.5. The van der Waals surface area contributed by atoms with Gasteiger partial charge in [0, 0.05) is 10.9 Å². The van der Waals surface area contributed by atoms with Crippen molar-refractivity contribution < 1.29 is 33.3 Å². The van der Waals surface area contributed by atoms with Crippen molar-refractivity contribution >= 4 is 33.8 Å². The molecule has 0 aliphatic heterocycles. The van der Waals surface area contributed by atoms with Crippen LogP contribution in [0.5, 0.6) is 11.5 Å². The van der Waals surface area contributed by atoms with Crippen LogP contribution in [0.1, 0.15) is 33.6 Å². The zero-order chi connectivity index (χ0) is 20.5. The highest BCUT2D eigenvalue weighted by atomic mass is 79.9. The molecule has 0 bridgehead atoms. The Morgan fingerprint density at radius 3 is 1.96 bits per heavy atom. The average molecular weight is 451 g/mol. The number of benzene rings is 2. The molecule has 2 aromatic rings. The predicted octanol–water partition coefficient (Wildman–Crippen LogP) is 3.79. The first-order valence-corrected chi connectivity index (χ1v) is 9.13. The van der Waals surface area contributed by atoms with Gasteiger partial charge in [0.25, 0.3) is 0 Å². The molecule has 0 aliphatic rings. The Labute approximate surface area is 170 Å². The van der Waals surface area contributed by atoms with Crippen molar-refractivity contribution in [3.05, 3.63) is 58.1 Å². The minimum Gasteiger partial charge on any atom is -0.494 e. The van der Waals surface area contributed by atoms with E-state index in [9.17, 15) is 14.4 Å². The maximum Gasteiger partial charge on any atom is 0.338 e. The van der Waals surface area contributed by atoms with Gasteiger partial charge in [0.05, 0.1) is 32.0 Å². The summed E-state index contributed by atoms with van der Waals surface area (Å²) in [5.74, 6) is -1.08. The molecule has 7 nitrogen and oxygen atoms in total. The third-order valence-electron chi connectivity index (χ3n) is 3.59. The van der Waals surface area contributed by atoms with Crippen LogP contribution in [0.15, 0.2) is 46.9 Å². The molecular formula is C20H19BrO7. The Hall–Kier alpha value is -2.87. The molecule has 0 saturated heterocycles. The summed E-state index contributed by atoms with van der Waals surface area (Å²) in [4.78, 5) is 35.5. The van der Waals surface area contributed by atoms with Crippen molar-refractivity contribution in [2.45, 2.75) is 12.8 Å². The van der Waals surface area contributed by atoms with Crippen LogP contribution >= 0.6 is 15.9 Å². The minimum absolute atomic E-state index is 0.0575. The molecule has 0 aromatic heterocycles. The highest BCUT2D eigenvalue weighted by molar-refractivity contribution is 9.10. The van der Waals surface area contributed by atoms with Gasteiger partial charge in [-0.25, -0.2) is 9.59 Å². The normalized spacial score (nSPS) is 10.1. The van der Waals surface area contributed by atoms with Crippen LogP contribution in [0.25, 0.3) is 0 Å². The number of ether oxygens (including phenoxy) is 4. The van der Waals surface area contributed by atoms with E-state index in [0.717, 1.165) is 4.47 Å². The SMILES string of the molecule is COC(=O)c1cc(OC(=O)CCCOc2ccc(Br)cc2)cc(C(=O)OC)c1. The molecular weight excluding hydrogens is 432 g/mol. The number of esters is 3. The first kappa shape index (κ1) is 21.4. The van der Waals surface area contributed by atoms with Gasteiger partial charge in [-0.05, 0) is 48.9 Å². The van der Waals surface area contributed by atoms with E-state index in [1.807, 2.05) is 24.3 Å². The molecule has 0 aliphatic carbocycles. The average Bonchev–Trinajstić information content (AvgIpc) is 2.71. The second-order valence-corrected chi connectivity index (χ2v) is 6.52. The van der Waals surface area contributed by atoms with Gasteiger partial charge >= 0.3 is 17.9 Å². The van der Waals surface area contributed by atoms with Crippen molar-refractivity contribution in [2.24, 2.45) is 0 Å². The fourth-order valence-corrected chi connectivity index (χ4v) is 2.51. The number of rotatable bonds is 8. The van der Waals surface area contributed by atoms with Crippen molar-refractivity contribution in [1.29, 1.82) is 0 Å². The molecule has 0 N–H and O–H groups in total. The number of carbonyl (C=O) groups excluding carboxylic acids is 3. The Morgan fingerprint density at radius 1 is 0.857 bits per heavy atom. The molecule has 8 heteroatoms. The lowest BCUT2D eigenvalue weighted by molar-refractivity contribution is -0.134. The van der Waals surface area contributed by atoms with Gasteiger partial charge in [-0.1, -0.05) is 15.9 Å². The largest absolute Gasteiger partial charge is 0.494 e. The Morgan fingerprint density at radius 2 is 1.43 bits per heavy atom. The quantitative estimate of drug-likeness (QED) is 0.343. The standard InChI is InChI=1S/C20H19BrO7/c1-25-19(23)13-10-14(20(24)26-2)12-17(11-13)28-18(22)4-3-9-27-16-7-5-15(21)6-8-16/h5-8,10-12H,3-4,9H2,1-2H3. The Bertz CT molecular complexity index is 812. The fraction of sp³-hybridized carbons (Fsp3) is 0.250. The van der Waals surface area contributed by atoms with Gasteiger partial charge in [0.15, 0.2) is 0 Å². The summed E-state index contributed by atoms with van der Waals surface area (Å²) in [5, 5.41) is 0. The topological polar surface area (TPSA) is 88.1 Å². The van der Waals surface area contributed by atoms with E-state index < -0.39 is 17.9 Å². The molecule has 2 aromatic carbocycles. The number of methoxy groups -OCH3 is 2. The summed E-state index contributed by atoms with van der Waals surface area (Å²) in [5.41, 5.74) is 0.151. The number of hydrogen-bond donors (Lipinski definition) is 0. The van der Waals surface area contributed by atoms with Gasteiger partial charge in [-0.2, -0.15) is 0 Å². The number of hydrogen-bond acceptors (Lipinski definition) is 7. The molecule has 0 fully saturated rings. The maximum atomic E-state index is 12.1. The molecule has 28 heavy (non-hydrogen) atoms. The summed E-state index contributed by atoms with van der Waals surface area (Å²) in [7, 11) is 2.43. The van der Waals surface area contributed by atoms with Crippen LogP contribution in [-0.4, -0.2) is 38.7 Å². The molecule has 0 saturated carbocycles. The molecule has 148 valence electrons. The monoisotopic (exact) mass is 450 g/mol. The molecule has 0 atom stereocenters. The lowest BCUT2D eigenvalue weighted by atomic mass is 10.1. The summed E-state index contributed by atoms with van der Waals surface area (Å²) in [6.07, 6.45) is 0.544. The van der Waals surface area contributed by atoms with E-state index in [1.165, 1.54) is 32.4 Å². The van der Waals surface area contributed by atoms with E-state index in [0.29, 0.717) is 18.8 Å². The molecule has 0 amide bonds. The third kappa shape index (κ3) is 6.38. The van der Waals surface area contributed by atoms with Crippen LogP contribution in [0.4, 0.5) is 0 Å². The van der Waals surface area contributed by atoms with Gasteiger partial charge in [-0.15, -0.1) is 0 Å². The van der Waals surface area contributed by atoms with Gasteiger partial charge < -0.3 is 18.9 Å². The molecule has 0 radical (unpaired) electrons. The molecule has 0 spiro atoms. The van der Waals surface area contributed by atoms with Crippen LogP contribution in [-0.2, 0) is 14.3 Å². The first-order chi connectivity index (χ1) is 13.4. The minimum atomic E-state index is -0.661. The number of carbonyl (C=O) groups is 3. The van der Waals surface area contributed by atoms with Crippen molar-refractivity contribution in [2.75, 3.05) is 20.8 Å². The Balaban J connectivity index is 1.93. The summed E-state index contributed by atoms with van der Waals surface area (Å²) < 4.78 is 21.0. The van der Waals surface area contributed by atoms with Crippen LogP contribution in [0.3, 0.4) is 0 Å².